The minimum atomic E-state index is 0.529. The van der Waals surface area contributed by atoms with Crippen LogP contribution >= 0.6 is 11.6 Å². The van der Waals surface area contributed by atoms with Gasteiger partial charge in [-0.15, -0.1) is 0 Å². The van der Waals surface area contributed by atoms with E-state index in [1.54, 1.807) is 26.4 Å². The van der Waals surface area contributed by atoms with E-state index in [0.717, 1.165) is 17.2 Å². The van der Waals surface area contributed by atoms with E-state index in [1.165, 1.54) is 0 Å². The van der Waals surface area contributed by atoms with Gasteiger partial charge in [0.15, 0.2) is 0 Å². The van der Waals surface area contributed by atoms with Gasteiger partial charge in [0, 0.05) is 6.07 Å². The van der Waals surface area contributed by atoms with Crippen LogP contribution in [0.2, 0.25) is 5.02 Å². The van der Waals surface area contributed by atoms with E-state index in [0.29, 0.717) is 23.1 Å². The molecule has 1 N–H and O–H groups in total. The SMILES string of the molecule is COc1cc(OC)c(NCc2ccc(C)o2)cc1Cl. The van der Waals surface area contributed by atoms with Crippen LogP contribution in [0, 0.1) is 6.92 Å². The lowest BCUT2D eigenvalue weighted by Gasteiger charge is -2.13. The predicted molar refractivity (Wildman–Crippen MR) is 75.3 cm³/mol. The topological polar surface area (TPSA) is 43.6 Å². The fraction of sp³-hybridized carbons (Fsp3) is 0.286. The molecule has 5 heteroatoms. The van der Waals surface area contributed by atoms with Gasteiger partial charge in [0.1, 0.15) is 23.0 Å². The molecular formula is C14H16ClNO3. The van der Waals surface area contributed by atoms with E-state index in [9.17, 15) is 0 Å². The molecule has 1 heterocycles. The summed E-state index contributed by atoms with van der Waals surface area (Å²) < 4.78 is 15.9. The summed E-state index contributed by atoms with van der Waals surface area (Å²) in [6.07, 6.45) is 0. The Kier molecular flexibility index (Phi) is 4.22. The van der Waals surface area contributed by atoms with Gasteiger partial charge in [-0.1, -0.05) is 11.6 Å². The van der Waals surface area contributed by atoms with Crippen molar-refractivity contribution in [3.63, 3.8) is 0 Å². The number of anilines is 1. The fourth-order valence-electron chi connectivity index (χ4n) is 1.76. The number of ether oxygens (including phenoxy) is 2. The monoisotopic (exact) mass is 281 g/mol. The summed E-state index contributed by atoms with van der Waals surface area (Å²) in [5, 5.41) is 3.76. The van der Waals surface area contributed by atoms with Gasteiger partial charge in [-0.05, 0) is 25.1 Å². The van der Waals surface area contributed by atoms with Crippen LogP contribution in [0.5, 0.6) is 11.5 Å². The maximum absolute atomic E-state index is 6.10. The number of furan rings is 1. The van der Waals surface area contributed by atoms with Crippen LogP contribution < -0.4 is 14.8 Å². The summed E-state index contributed by atoms with van der Waals surface area (Å²) in [4.78, 5) is 0. The summed E-state index contributed by atoms with van der Waals surface area (Å²) in [6, 6.07) is 7.38. The van der Waals surface area contributed by atoms with Gasteiger partial charge < -0.3 is 19.2 Å². The van der Waals surface area contributed by atoms with Crippen molar-refractivity contribution in [1.29, 1.82) is 0 Å². The summed E-state index contributed by atoms with van der Waals surface area (Å²) in [5.74, 6) is 2.99. The molecule has 0 saturated heterocycles. The number of halogens is 1. The van der Waals surface area contributed by atoms with Gasteiger partial charge in [-0.2, -0.15) is 0 Å². The highest BCUT2D eigenvalue weighted by Gasteiger charge is 2.10. The van der Waals surface area contributed by atoms with Crippen molar-refractivity contribution < 1.29 is 13.9 Å². The molecule has 0 atom stereocenters. The molecule has 0 unspecified atom stereocenters. The Hall–Kier alpha value is -1.81. The second-order valence-electron chi connectivity index (χ2n) is 4.05. The Morgan fingerprint density at radius 1 is 1.16 bits per heavy atom. The molecule has 1 aromatic carbocycles. The van der Waals surface area contributed by atoms with Gasteiger partial charge in [0.25, 0.3) is 0 Å². The third kappa shape index (κ3) is 3.15. The van der Waals surface area contributed by atoms with Crippen molar-refractivity contribution in [2.75, 3.05) is 19.5 Å². The van der Waals surface area contributed by atoms with Crippen LogP contribution in [0.15, 0.2) is 28.7 Å². The molecule has 0 radical (unpaired) electrons. The predicted octanol–water partition coefficient (Wildman–Crippen LogP) is 3.87. The molecule has 2 aromatic rings. The Morgan fingerprint density at radius 2 is 1.89 bits per heavy atom. The fourth-order valence-corrected chi connectivity index (χ4v) is 2.00. The smallest absolute Gasteiger partial charge is 0.145 e. The third-order valence-electron chi connectivity index (χ3n) is 2.72. The first-order chi connectivity index (χ1) is 9.13. The van der Waals surface area contributed by atoms with Crippen molar-refractivity contribution in [3.8, 4) is 11.5 Å². The zero-order valence-electron chi connectivity index (χ0n) is 11.1. The van der Waals surface area contributed by atoms with Crippen LogP contribution in [-0.2, 0) is 6.54 Å². The van der Waals surface area contributed by atoms with Gasteiger partial charge in [0.2, 0.25) is 0 Å². The maximum Gasteiger partial charge on any atom is 0.145 e. The van der Waals surface area contributed by atoms with Crippen molar-refractivity contribution in [2.45, 2.75) is 13.5 Å². The number of methoxy groups -OCH3 is 2. The number of hydrogen-bond donors (Lipinski definition) is 1. The standard InChI is InChI=1S/C14H16ClNO3/c1-9-4-5-10(19-9)8-16-12-6-11(15)13(17-2)7-14(12)18-3/h4-7,16H,8H2,1-3H3. The van der Waals surface area contributed by atoms with Crippen LogP contribution in [0.3, 0.4) is 0 Å². The first-order valence-electron chi connectivity index (χ1n) is 5.84. The molecule has 0 spiro atoms. The van der Waals surface area contributed by atoms with E-state index in [-0.39, 0.29) is 0 Å². The molecule has 0 aliphatic heterocycles. The first kappa shape index (κ1) is 13.6. The normalized spacial score (nSPS) is 10.3. The van der Waals surface area contributed by atoms with E-state index >= 15 is 0 Å². The Balaban J connectivity index is 2.17. The van der Waals surface area contributed by atoms with Crippen molar-refractivity contribution in [3.05, 3.63) is 40.8 Å². The minimum Gasteiger partial charge on any atom is -0.495 e. The van der Waals surface area contributed by atoms with Crippen LogP contribution in [0.1, 0.15) is 11.5 Å². The van der Waals surface area contributed by atoms with E-state index in [1.807, 2.05) is 19.1 Å². The Labute approximate surface area is 117 Å². The molecule has 4 nitrogen and oxygen atoms in total. The number of aryl methyl sites for hydroxylation is 1. The first-order valence-corrected chi connectivity index (χ1v) is 6.22. The van der Waals surface area contributed by atoms with E-state index < -0.39 is 0 Å². The lowest BCUT2D eigenvalue weighted by atomic mass is 10.2. The summed E-state index contributed by atoms with van der Waals surface area (Å²) in [6.45, 7) is 2.47. The second-order valence-corrected chi connectivity index (χ2v) is 4.46. The quantitative estimate of drug-likeness (QED) is 0.903. The highest BCUT2D eigenvalue weighted by Crippen LogP contribution is 2.36. The molecule has 0 amide bonds. The van der Waals surface area contributed by atoms with Crippen molar-refractivity contribution in [1.82, 2.24) is 0 Å². The average molecular weight is 282 g/mol. The number of rotatable bonds is 5. The number of benzene rings is 1. The highest BCUT2D eigenvalue weighted by molar-refractivity contribution is 6.32. The van der Waals surface area contributed by atoms with E-state index in [2.05, 4.69) is 5.32 Å². The zero-order valence-corrected chi connectivity index (χ0v) is 11.9. The van der Waals surface area contributed by atoms with Gasteiger partial charge in [0.05, 0.1) is 31.5 Å². The third-order valence-corrected chi connectivity index (χ3v) is 3.02. The molecule has 0 aliphatic carbocycles. The van der Waals surface area contributed by atoms with Gasteiger partial charge in [-0.3, -0.25) is 0 Å². The summed E-state index contributed by atoms with van der Waals surface area (Å²) in [7, 11) is 3.17. The number of hydrogen-bond acceptors (Lipinski definition) is 4. The molecule has 102 valence electrons. The van der Waals surface area contributed by atoms with Gasteiger partial charge in [-0.25, -0.2) is 0 Å². The van der Waals surface area contributed by atoms with Crippen LogP contribution in [0.4, 0.5) is 5.69 Å². The molecule has 0 fully saturated rings. The second kappa shape index (κ2) is 5.89. The molecule has 0 saturated carbocycles. The number of nitrogens with one attached hydrogen (secondary N) is 1. The zero-order chi connectivity index (χ0) is 13.8. The minimum absolute atomic E-state index is 0.529. The molecular weight excluding hydrogens is 266 g/mol. The average Bonchev–Trinajstić information content (AvgIpc) is 2.82. The lowest BCUT2D eigenvalue weighted by molar-refractivity contribution is 0.395. The largest absolute Gasteiger partial charge is 0.495 e. The van der Waals surface area contributed by atoms with Gasteiger partial charge >= 0.3 is 0 Å². The maximum atomic E-state index is 6.10. The van der Waals surface area contributed by atoms with E-state index in [4.69, 9.17) is 25.5 Å². The summed E-state index contributed by atoms with van der Waals surface area (Å²) >= 11 is 6.10. The van der Waals surface area contributed by atoms with Crippen molar-refractivity contribution in [2.24, 2.45) is 0 Å². The molecule has 1 aromatic heterocycles. The highest BCUT2D eigenvalue weighted by atomic mass is 35.5. The molecule has 2 rings (SSSR count). The molecule has 0 bridgehead atoms. The molecule has 19 heavy (non-hydrogen) atoms. The Bertz CT molecular complexity index is 566. The summed E-state index contributed by atoms with van der Waals surface area (Å²) in [5.41, 5.74) is 0.794. The van der Waals surface area contributed by atoms with Crippen molar-refractivity contribution >= 4 is 17.3 Å². The van der Waals surface area contributed by atoms with Crippen LogP contribution in [-0.4, -0.2) is 14.2 Å². The molecule has 0 aliphatic rings. The lowest BCUT2D eigenvalue weighted by Crippen LogP contribution is -2.01. The van der Waals surface area contributed by atoms with Crippen LogP contribution in [0.25, 0.3) is 0 Å². The Morgan fingerprint density at radius 3 is 2.47 bits per heavy atom.